The Hall–Kier alpha value is -1.32. The third kappa shape index (κ3) is 5.05. The summed E-state index contributed by atoms with van der Waals surface area (Å²) in [6.45, 7) is 6.08. The zero-order valence-electron chi connectivity index (χ0n) is 12.4. The Morgan fingerprint density at radius 3 is 2.53 bits per heavy atom. The van der Waals surface area contributed by atoms with Crippen molar-refractivity contribution in [1.29, 1.82) is 0 Å². The molecule has 108 valence electrons. The van der Waals surface area contributed by atoms with E-state index < -0.39 is 6.09 Å². The summed E-state index contributed by atoms with van der Waals surface area (Å²) in [6.07, 6.45) is 9.50. The molecule has 1 N–H and O–H groups in total. The third-order valence-corrected chi connectivity index (χ3v) is 3.60. The molecule has 1 atom stereocenters. The summed E-state index contributed by atoms with van der Waals surface area (Å²) in [5.74, 6) is 0.891. The van der Waals surface area contributed by atoms with Crippen molar-refractivity contribution >= 4 is 6.09 Å². The highest BCUT2D eigenvalue weighted by molar-refractivity contribution is 5.68. The Labute approximate surface area is 115 Å². The zero-order valence-corrected chi connectivity index (χ0v) is 12.4. The number of hydrogen-bond donors (Lipinski definition) is 1. The minimum absolute atomic E-state index is 0.338. The Morgan fingerprint density at radius 2 is 1.95 bits per heavy atom. The number of carbonyl (C=O) groups is 1. The number of hydrogen-bond acceptors (Lipinski definition) is 2. The molecule has 0 radical (unpaired) electrons. The van der Waals surface area contributed by atoms with E-state index in [0.29, 0.717) is 11.7 Å². The number of aryl methyl sites for hydroxylation is 1. The van der Waals surface area contributed by atoms with E-state index in [1.807, 2.05) is 0 Å². The van der Waals surface area contributed by atoms with Crippen LogP contribution in [-0.4, -0.2) is 20.8 Å². The first-order valence-electron chi connectivity index (χ1n) is 7.35. The van der Waals surface area contributed by atoms with Crippen molar-refractivity contribution in [3.8, 4) is 0 Å². The van der Waals surface area contributed by atoms with Gasteiger partial charge in [-0.05, 0) is 19.3 Å². The van der Waals surface area contributed by atoms with Crippen LogP contribution in [0.2, 0.25) is 0 Å². The van der Waals surface area contributed by atoms with Crippen molar-refractivity contribution in [2.75, 3.05) is 0 Å². The molecule has 0 aliphatic carbocycles. The molecular formula is C15H26N2O2. The molecule has 1 aromatic rings. The highest BCUT2D eigenvalue weighted by Gasteiger charge is 2.14. The summed E-state index contributed by atoms with van der Waals surface area (Å²) < 4.78 is 1.20. The molecule has 4 heteroatoms. The summed E-state index contributed by atoms with van der Waals surface area (Å²) in [4.78, 5) is 15.3. The van der Waals surface area contributed by atoms with E-state index in [2.05, 4.69) is 18.8 Å². The van der Waals surface area contributed by atoms with Gasteiger partial charge >= 0.3 is 6.09 Å². The SMILES string of the molecule is CCCCCCCCC(C)c1cn(C(=O)O)c(C)n1. The van der Waals surface area contributed by atoms with Gasteiger partial charge in [-0.3, -0.25) is 0 Å². The van der Waals surface area contributed by atoms with Crippen molar-refractivity contribution in [2.45, 2.75) is 71.6 Å². The number of rotatable bonds is 8. The van der Waals surface area contributed by atoms with Crippen LogP contribution in [0.3, 0.4) is 0 Å². The van der Waals surface area contributed by atoms with Crippen molar-refractivity contribution in [1.82, 2.24) is 9.55 Å². The smallest absolute Gasteiger partial charge is 0.416 e. The van der Waals surface area contributed by atoms with Gasteiger partial charge < -0.3 is 5.11 Å². The molecule has 1 aromatic heterocycles. The molecule has 1 unspecified atom stereocenters. The normalized spacial score (nSPS) is 12.6. The van der Waals surface area contributed by atoms with E-state index in [1.54, 1.807) is 13.1 Å². The lowest BCUT2D eigenvalue weighted by atomic mass is 9.99. The highest BCUT2D eigenvalue weighted by Crippen LogP contribution is 2.21. The predicted octanol–water partition coefficient (Wildman–Crippen LogP) is 4.57. The first-order chi connectivity index (χ1) is 9.06. The molecule has 0 saturated carbocycles. The van der Waals surface area contributed by atoms with Gasteiger partial charge in [0.25, 0.3) is 0 Å². The fourth-order valence-corrected chi connectivity index (χ4v) is 2.31. The van der Waals surface area contributed by atoms with E-state index in [-0.39, 0.29) is 0 Å². The standard InChI is InChI=1S/C15H26N2O2/c1-4-5-6-7-8-9-10-12(2)14-11-17(15(18)19)13(3)16-14/h11-12H,4-10H2,1-3H3,(H,18,19). The van der Waals surface area contributed by atoms with Crippen molar-refractivity contribution in [3.63, 3.8) is 0 Å². The highest BCUT2D eigenvalue weighted by atomic mass is 16.4. The molecule has 4 nitrogen and oxygen atoms in total. The van der Waals surface area contributed by atoms with Crippen LogP contribution in [-0.2, 0) is 0 Å². The molecule has 0 spiro atoms. The minimum Gasteiger partial charge on any atom is -0.464 e. The second-order valence-electron chi connectivity index (χ2n) is 5.32. The van der Waals surface area contributed by atoms with E-state index >= 15 is 0 Å². The Bertz CT molecular complexity index is 399. The van der Waals surface area contributed by atoms with Gasteiger partial charge in [0.15, 0.2) is 0 Å². The predicted molar refractivity (Wildman–Crippen MR) is 76.8 cm³/mol. The molecule has 0 aliphatic heterocycles. The fraction of sp³-hybridized carbons (Fsp3) is 0.733. The lowest BCUT2D eigenvalue weighted by Crippen LogP contribution is -2.08. The van der Waals surface area contributed by atoms with Crippen molar-refractivity contribution < 1.29 is 9.90 Å². The summed E-state index contributed by atoms with van der Waals surface area (Å²) in [5, 5.41) is 8.98. The lowest BCUT2D eigenvalue weighted by Gasteiger charge is -2.07. The van der Waals surface area contributed by atoms with E-state index in [9.17, 15) is 4.79 Å². The van der Waals surface area contributed by atoms with Gasteiger partial charge in [0, 0.05) is 6.20 Å². The molecular weight excluding hydrogens is 240 g/mol. The molecule has 0 aliphatic rings. The molecule has 0 aromatic carbocycles. The van der Waals surface area contributed by atoms with Gasteiger partial charge in [0.2, 0.25) is 0 Å². The van der Waals surface area contributed by atoms with Crippen molar-refractivity contribution in [3.05, 3.63) is 17.7 Å². The van der Waals surface area contributed by atoms with Gasteiger partial charge in [0.05, 0.1) is 5.69 Å². The average Bonchev–Trinajstić information content (AvgIpc) is 2.75. The second-order valence-corrected chi connectivity index (χ2v) is 5.32. The Morgan fingerprint density at radius 1 is 1.32 bits per heavy atom. The quantitative estimate of drug-likeness (QED) is 0.701. The average molecular weight is 266 g/mol. The number of carboxylic acid groups (broad SMARTS) is 1. The molecule has 0 saturated heterocycles. The van der Waals surface area contributed by atoms with Crippen LogP contribution in [0, 0.1) is 6.92 Å². The van der Waals surface area contributed by atoms with Gasteiger partial charge in [-0.15, -0.1) is 0 Å². The Kier molecular flexibility index (Phi) is 6.60. The molecule has 0 fully saturated rings. The van der Waals surface area contributed by atoms with Crippen LogP contribution in [0.25, 0.3) is 0 Å². The molecule has 19 heavy (non-hydrogen) atoms. The van der Waals surface area contributed by atoms with Crippen LogP contribution < -0.4 is 0 Å². The van der Waals surface area contributed by atoms with Gasteiger partial charge in [-0.2, -0.15) is 0 Å². The third-order valence-electron chi connectivity index (χ3n) is 3.60. The molecule has 0 bridgehead atoms. The first-order valence-corrected chi connectivity index (χ1v) is 7.35. The van der Waals surface area contributed by atoms with Gasteiger partial charge in [-0.1, -0.05) is 52.4 Å². The zero-order chi connectivity index (χ0) is 14.3. The van der Waals surface area contributed by atoms with Crippen LogP contribution >= 0.6 is 0 Å². The first kappa shape index (κ1) is 15.7. The lowest BCUT2D eigenvalue weighted by molar-refractivity contribution is 0.195. The van der Waals surface area contributed by atoms with Crippen LogP contribution in [0.15, 0.2) is 6.20 Å². The summed E-state index contributed by atoms with van der Waals surface area (Å²) in [5.41, 5.74) is 0.897. The topological polar surface area (TPSA) is 55.1 Å². The summed E-state index contributed by atoms with van der Waals surface area (Å²) >= 11 is 0. The maximum absolute atomic E-state index is 10.9. The summed E-state index contributed by atoms with van der Waals surface area (Å²) in [6, 6.07) is 0. The largest absolute Gasteiger partial charge is 0.464 e. The minimum atomic E-state index is -0.956. The van der Waals surface area contributed by atoms with Crippen molar-refractivity contribution in [2.24, 2.45) is 0 Å². The fourth-order valence-electron chi connectivity index (χ4n) is 2.31. The Balaban J connectivity index is 2.35. The number of unbranched alkanes of at least 4 members (excludes halogenated alkanes) is 5. The maximum Gasteiger partial charge on any atom is 0.416 e. The molecule has 1 heterocycles. The number of nitrogens with zero attached hydrogens (tertiary/aromatic N) is 2. The second kappa shape index (κ2) is 7.97. The van der Waals surface area contributed by atoms with E-state index in [4.69, 9.17) is 5.11 Å². The summed E-state index contributed by atoms with van der Waals surface area (Å²) in [7, 11) is 0. The van der Waals surface area contributed by atoms with Gasteiger partial charge in [0.1, 0.15) is 5.82 Å². The molecule has 1 rings (SSSR count). The number of aromatic nitrogens is 2. The maximum atomic E-state index is 10.9. The monoisotopic (exact) mass is 266 g/mol. The van der Waals surface area contributed by atoms with Crippen LogP contribution in [0.5, 0.6) is 0 Å². The molecule has 0 amide bonds. The van der Waals surface area contributed by atoms with Gasteiger partial charge in [-0.25, -0.2) is 14.3 Å². The van der Waals surface area contributed by atoms with E-state index in [0.717, 1.165) is 12.1 Å². The number of imidazole rings is 1. The van der Waals surface area contributed by atoms with E-state index in [1.165, 1.54) is 43.1 Å². The van der Waals surface area contributed by atoms with Crippen LogP contribution in [0.1, 0.15) is 76.2 Å². The van der Waals surface area contributed by atoms with Crippen LogP contribution in [0.4, 0.5) is 4.79 Å².